The molecule has 0 aliphatic heterocycles. The number of halogens is 2. The first kappa shape index (κ1) is 15.9. The molecular formula is C13H15F2NO4. The highest BCUT2D eigenvalue weighted by molar-refractivity contribution is 5.95. The van der Waals surface area contributed by atoms with Gasteiger partial charge in [-0.15, -0.1) is 0 Å². The number of aliphatic carboxylic acids is 1. The SMILES string of the molecule is CCC(CC(=O)O)NC(=O)c1cccc(OC(F)F)c1. The van der Waals surface area contributed by atoms with Crippen molar-refractivity contribution in [3.63, 3.8) is 0 Å². The Bertz CT molecular complexity index is 479. The van der Waals surface area contributed by atoms with Crippen molar-refractivity contribution >= 4 is 11.9 Å². The number of benzene rings is 1. The van der Waals surface area contributed by atoms with Crippen LogP contribution in [0.25, 0.3) is 0 Å². The van der Waals surface area contributed by atoms with Crippen LogP contribution >= 0.6 is 0 Å². The van der Waals surface area contributed by atoms with Gasteiger partial charge in [0.1, 0.15) is 5.75 Å². The molecule has 0 bridgehead atoms. The van der Waals surface area contributed by atoms with Crippen molar-refractivity contribution in [1.29, 1.82) is 0 Å². The summed E-state index contributed by atoms with van der Waals surface area (Å²) in [5.41, 5.74) is 0.131. The van der Waals surface area contributed by atoms with Gasteiger partial charge in [-0.1, -0.05) is 13.0 Å². The molecule has 1 atom stereocenters. The molecule has 0 fully saturated rings. The number of nitrogens with one attached hydrogen (secondary N) is 1. The maximum Gasteiger partial charge on any atom is 0.387 e. The molecule has 1 amide bonds. The summed E-state index contributed by atoms with van der Waals surface area (Å²) >= 11 is 0. The first-order valence-electron chi connectivity index (χ1n) is 6.00. The van der Waals surface area contributed by atoms with Gasteiger partial charge < -0.3 is 15.2 Å². The van der Waals surface area contributed by atoms with Gasteiger partial charge in [-0.25, -0.2) is 0 Å². The van der Waals surface area contributed by atoms with Gasteiger partial charge in [0.25, 0.3) is 5.91 Å². The van der Waals surface area contributed by atoms with Crippen LogP contribution in [0.2, 0.25) is 0 Å². The van der Waals surface area contributed by atoms with Gasteiger partial charge in [0.05, 0.1) is 6.42 Å². The zero-order valence-corrected chi connectivity index (χ0v) is 10.8. The Morgan fingerprint density at radius 3 is 2.65 bits per heavy atom. The van der Waals surface area contributed by atoms with Crippen LogP contribution in [0.15, 0.2) is 24.3 Å². The first-order chi connectivity index (χ1) is 9.42. The lowest BCUT2D eigenvalue weighted by molar-refractivity contribution is -0.137. The van der Waals surface area contributed by atoms with E-state index in [1.807, 2.05) is 0 Å². The van der Waals surface area contributed by atoms with Crippen molar-refractivity contribution in [3.05, 3.63) is 29.8 Å². The summed E-state index contributed by atoms with van der Waals surface area (Å²) < 4.78 is 28.3. The molecule has 0 aromatic heterocycles. The Morgan fingerprint density at radius 1 is 1.40 bits per heavy atom. The van der Waals surface area contributed by atoms with E-state index >= 15 is 0 Å². The second-order valence-corrected chi connectivity index (χ2v) is 4.08. The number of alkyl halides is 2. The average molecular weight is 287 g/mol. The molecule has 1 rings (SSSR count). The largest absolute Gasteiger partial charge is 0.481 e. The molecular weight excluding hydrogens is 272 g/mol. The highest BCUT2D eigenvalue weighted by Gasteiger charge is 2.16. The zero-order chi connectivity index (χ0) is 15.1. The maximum atomic E-state index is 12.1. The summed E-state index contributed by atoms with van der Waals surface area (Å²) in [6.45, 7) is -1.23. The van der Waals surface area contributed by atoms with Crippen molar-refractivity contribution in [3.8, 4) is 5.75 Å². The number of hydrogen-bond acceptors (Lipinski definition) is 3. The minimum absolute atomic E-state index is 0.126. The molecule has 1 aromatic carbocycles. The minimum atomic E-state index is -2.97. The van der Waals surface area contributed by atoms with Crippen molar-refractivity contribution in [1.82, 2.24) is 5.32 Å². The molecule has 0 heterocycles. The molecule has 5 nitrogen and oxygen atoms in total. The van der Waals surface area contributed by atoms with Crippen molar-refractivity contribution in [2.45, 2.75) is 32.4 Å². The van der Waals surface area contributed by atoms with E-state index in [0.29, 0.717) is 6.42 Å². The van der Waals surface area contributed by atoms with Crippen LogP contribution in [0.1, 0.15) is 30.1 Å². The number of ether oxygens (including phenoxy) is 1. The van der Waals surface area contributed by atoms with E-state index in [4.69, 9.17) is 5.11 Å². The van der Waals surface area contributed by atoms with Crippen LogP contribution in [0.5, 0.6) is 5.75 Å². The second-order valence-electron chi connectivity index (χ2n) is 4.08. The Hall–Kier alpha value is -2.18. The fraction of sp³-hybridized carbons (Fsp3) is 0.385. The zero-order valence-electron chi connectivity index (χ0n) is 10.8. The molecule has 2 N–H and O–H groups in total. The van der Waals surface area contributed by atoms with Gasteiger partial charge in [-0.3, -0.25) is 9.59 Å². The van der Waals surface area contributed by atoms with Crippen molar-refractivity contribution in [2.24, 2.45) is 0 Å². The molecule has 1 aromatic rings. The highest BCUT2D eigenvalue weighted by atomic mass is 19.3. The molecule has 0 saturated heterocycles. The molecule has 0 radical (unpaired) electrons. The normalized spacial score (nSPS) is 12.0. The van der Waals surface area contributed by atoms with Gasteiger partial charge in [-0.05, 0) is 24.6 Å². The van der Waals surface area contributed by atoms with Crippen LogP contribution in [0.4, 0.5) is 8.78 Å². The van der Waals surface area contributed by atoms with Gasteiger partial charge >= 0.3 is 12.6 Å². The predicted molar refractivity (Wildman–Crippen MR) is 66.9 cm³/mol. The number of rotatable bonds is 7. The number of carboxylic acids is 1. The highest BCUT2D eigenvalue weighted by Crippen LogP contribution is 2.16. The lowest BCUT2D eigenvalue weighted by Gasteiger charge is -2.15. The third-order valence-electron chi connectivity index (χ3n) is 2.57. The molecule has 0 aliphatic carbocycles. The van der Waals surface area contributed by atoms with E-state index in [1.54, 1.807) is 6.92 Å². The lowest BCUT2D eigenvalue weighted by Crippen LogP contribution is -2.36. The monoisotopic (exact) mass is 287 g/mol. The summed E-state index contributed by atoms with van der Waals surface area (Å²) in [7, 11) is 0. The van der Waals surface area contributed by atoms with E-state index in [9.17, 15) is 18.4 Å². The fourth-order valence-corrected chi connectivity index (χ4v) is 1.59. The fourth-order valence-electron chi connectivity index (χ4n) is 1.59. The average Bonchev–Trinajstić information content (AvgIpc) is 2.36. The van der Waals surface area contributed by atoms with Gasteiger partial charge in [0.2, 0.25) is 0 Å². The second kappa shape index (κ2) is 7.42. The Kier molecular flexibility index (Phi) is 5.89. The summed E-state index contributed by atoms with van der Waals surface area (Å²) in [6, 6.07) is 4.80. The number of carbonyl (C=O) groups is 2. The Morgan fingerprint density at radius 2 is 2.10 bits per heavy atom. The van der Waals surface area contributed by atoms with Crippen molar-refractivity contribution in [2.75, 3.05) is 0 Å². The van der Waals surface area contributed by atoms with E-state index in [-0.39, 0.29) is 17.7 Å². The first-order valence-corrected chi connectivity index (χ1v) is 6.00. The standard InChI is InChI=1S/C13H15F2NO4/c1-2-9(7-11(17)18)16-12(19)8-4-3-5-10(6-8)20-13(14)15/h3-6,9,13H,2,7H2,1H3,(H,16,19)(H,17,18). The van der Waals surface area contributed by atoms with E-state index in [1.165, 1.54) is 24.3 Å². The van der Waals surface area contributed by atoms with Gasteiger partial charge in [0, 0.05) is 11.6 Å². The van der Waals surface area contributed by atoms with Crippen LogP contribution in [-0.4, -0.2) is 29.6 Å². The molecule has 20 heavy (non-hydrogen) atoms. The van der Waals surface area contributed by atoms with E-state index in [0.717, 1.165) is 0 Å². The Labute approximate surface area is 114 Å². The quantitative estimate of drug-likeness (QED) is 0.806. The van der Waals surface area contributed by atoms with Gasteiger partial charge in [0.15, 0.2) is 0 Å². The van der Waals surface area contributed by atoms with E-state index < -0.39 is 24.5 Å². The molecule has 7 heteroatoms. The third kappa shape index (κ3) is 5.21. The molecule has 0 saturated carbocycles. The molecule has 1 unspecified atom stereocenters. The topological polar surface area (TPSA) is 75.6 Å². The number of hydrogen-bond donors (Lipinski definition) is 2. The summed E-state index contributed by atoms with van der Waals surface area (Å²) in [5.74, 6) is -1.68. The molecule has 110 valence electrons. The van der Waals surface area contributed by atoms with Crippen LogP contribution in [0.3, 0.4) is 0 Å². The summed E-state index contributed by atoms with van der Waals surface area (Å²) in [6.07, 6.45) is 0.251. The van der Waals surface area contributed by atoms with E-state index in [2.05, 4.69) is 10.1 Å². The number of amides is 1. The summed E-state index contributed by atoms with van der Waals surface area (Å²) in [5, 5.41) is 11.2. The lowest BCUT2D eigenvalue weighted by atomic mass is 10.1. The predicted octanol–water partition coefficient (Wildman–Crippen LogP) is 2.27. The van der Waals surface area contributed by atoms with Crippen molar-refractivity contribution < 1.29 is 28.2 Å². The summed E-state index contributed by atoms with van der Waals surface area (Å²) in [4.78, 5) is 22.5. The minimum Gasteiger partial charge on any atom is -0.481 e. The molecule has 0 aliphatic rings. The number of carbonyl (C=O) groups excluding carboxylic acids is 1. The molecule has 0 spiro atoms. The van der Waals surface area contributed by atoms with Crippen LogP contribution in [0, 0.1) is 0 Å². The van der Waals surface area contributed by atoms with Crippen LogP contribution in [-0.2, 0) is 4.79 Å². The Balaban J connectivity index is 2.73. The van der Waals surface area contributed by atoms with Gasteiger partial charge in [-0.2, -0.15) is 8.78 Å². The maximum absolute atomic E-state index is 12.1. The smallest absolute Gasteiger partial charge is 0.387 e. The number of carboxylic acid groups (broad SMARTS) is 1. The third-order valence-corrected chi connectivity index (χ3v) is 2.57. The van der Waals surface area contributed by atoms with Crippen LogP contribution < -0.4 is 10.1 Å².